The van der Waals surface area contributed by atoms with Crippen LogP contribution in [-0.4, -0.2) is 55.0 Å². The van der Waals surface area contributed by atoms with E-state index in [1.165, 1.54) is 0 Å². The molecule has 0 unspecified atom stereocenters. The van der Waals surface area contributed by atoms with Crippen LogP contribution in [0.2, 0.25) is 5.02 Å². The Labute approximate surface area is 117 Å². The summed E-state index contributed by atoms with van der Waals surface area (Å²) in [6.45, 7) is 2.91. The SMILES string of the molecule is CN1CCN(C(=O)NC(=O)c2ccc(Cl)cc2)CC1. The Morgan fingerprint density at radius 1 is 1.11 bits per heavy atom. The first kappa shape index (κ1) is 13.8. The Hall–Kier alpha value is -1.59. The van der Waals surface area contributed by atoms with E-state index in [2.05, 4.69) is 10.2 Å². The van der Waals surface area contributed by atoms with Crippen LogP contribution in [0, 0.1) is 0 Å². The molecule has 6 heteroatoms. The van der Waals surface area contributed by atoms with Crippen LogP contribution in [0.25, 0.3) is 0 Å². The number of hydrogen-bond acceptors (Lipinski definition) is 3. The first-order chi connectivity index (χ1) is 9.06. The van der Waals surface area contributed by atoms with Crippen molar-refractivity contribution in [1.29, 1.82) is 0 Å². The highest BCUT2D eigenvalue weighted by Crippen LogP contribution is 2.09. The Bertz CT molecular complexity index is 467. The van der Waals surface area contributed by atoms with E-state index >= 15 is 0 Å². The van der Waals surface area contributed by atoms with E-state index in [1.807, 2.05) is 7.05 Å². The third-order valence-electron chi connectivity index (χ3n) is 3.12. The quantitative estimate of drug-likeness (QED) is 0.847. The van der Waals surface area contributed by atoms with E-state index < -0.39 is 5.91 Å². The molecule has 1 aliphatic heterocycles. The summed E-state index contributed by atoms with van der Waals surface area (Å²) in [5.74, 6) is -0.402. The summed E-state index contributed by atoms with van der Waals surface area (Å²) in [6.07, 6.45) is 0. The fraction of sp³-hybridized carbons (Fsp3) is 0.385. The molecule has 3 amide bonds. The van der Waals surface area contributed by atoms with Crippen LogP contribution in [0.15, 0.2) is 24.3 Å². The highest BCUT2D eigenvalue weighted by Gasteiger charge is 2.20. The Balaban J connectivity index is 1.91. The zero-order valence-electron chi connectivity index (χ0n) is 10.7. The molecule has 0 bridgehead atoms. The van der Waals surface area contributed by atoms with Crippen molar-refractivity contribution in [2.45, 2.75) is 0 Å². The number of imide groups is 1. The zero-order valence-corrected chi connectivity index (χ0v) is 11.5. The van der Waals surface area contributed by atoms with E-state index in [4.69, 9.17) is 11.6 Å². The standard InChI is InChI=1S/C13H16ClN3O2/c1-16-6-8-17(9-7-16)13(19)15-12(18)10-2-4-11(14)5-3-10/h2-5H,6-9H2,1H3,(H,15,18,19). The number of urea groups is 1. The Kier molecular flexibility index (Phi) is 4.39. The summed E-state index contributed by atoms with van der Waals surface area (Å²) in [5, 5.41) is 2.94. The van der Waals surface area contributed by atoms with Gasteiger partial charge in [-0.3, -0.25) is 10.1 Å². The molecule has 0 saturated carbocycles. The maximum Gasteiger partial charge on any atom is 0.324 e. The molecule has 1 aliphatic rings. The molecule has 1 saturated heterocycles. The maximum atomic E-state index is 11.9. The number of carbonyl (C=O) groups excluding carboxylic acids is 2. The van der Waals surface area contributed by atoms with E-state index in [9.17, 15) is 9.59 Å². The van der Waals surface area contributed by atoms with Crippen LogP contribution in [0.5, 0.6) is 0 Å². The molecule has 1 heterocycles. The molecule has 102 valence electrons. The number of hydrogen-bond donors (Lipinski definition) is 1. The first-order valence-corrected chi connectivity index (χ1v) is 6.48. The van der Waals surface area contributed by atoms with Crippen LogP contribution in [0.1, 0.15) is 10.4 Å². The van der Waals surface area contributed by atoms with Gasteiger partial charge in [-0.2, -0.15) is 0 Å². The minimum Gasteiger partial charge on any atom is -0.322 e. The molecular weight excluding hydrogens is 266 g/mol. The van der Waals surface area contributed by atoms with Gasteiger partial charge in [0.05, 0.1) is 0 Å². The maximum absolute atomic E-state index is 11.9. The lowest BCUT2D eigenvalue weighted by Crippen LogP contribution is -2.51. The second-order valence-electron chi connectivity index (χ2n) is 4.56. The highest BCUT2D eigenvalue weighted by atomic mass is 35.5. The van der Waals surface area contributed by atoms with Crippen molar-refractivity contribution in [3.05, 3.63) is 34.9 Å². The average molecular weight is 282 g/mol. The monoisotopic (exact) mass is 281 g/mol. The number of amides is 3. The van der Waals surface area contributed by atoms with Gasteiger partial charge < -0.3 is 9.80 Å². The molecule has 0 atom stereocenters. The molecule has 1 aromatic rings. The third kappa shape index (κ3) is 3.68. The number of benzene rings is 1. The lowest BCUT2D eigenvalue weighted by molar-refractivity contribution is 0.0940. The number of halogens is 1. The molecule has 5 nitrogen and oxygen atoms in total. The third-order valence-corrected chi connectivity index (χ3v) is 3.37. The number of nitrogens with one attached hydrogen (secondary N) is 1. The lowest BCUT2D eigenvalue weighted by atomic mass is 10.2. The van der Waals surface area contributed by atoms with Crippen molar-refractivity contribution < 1.29 is 9.59 Å². The fourth-order valence-electron chi connectivity index (χ4n) is 1.86. The van der Waals surface area contributed by atoms with E-state index in [0.29, 0.717) is 23.7 Å². The van der Waals surface area contributed by atoms with Crippen molar-refractivity contribution in [1.82, 2.24) is 15.1 Å². The molecule has 2 rings (SSSR count). The van der Waals surface area contributed by atoms with Crippen LogP contribution < -0.4 is 5.32 Å². The zero-order chi connectivity index (χ0) is 13.8. The van der Waals surface area contributed by atoms with Gasteiger partial charge in [-0.25, -0.2) is 4.79 Å². The molecule has 1 aromatic carbocycles. The summed E-state index contributed by atoms with van der Waals surface area (Å²) >= 11 is 5.75. The summed E-state index contributed by atoms with van der Waals surface area (Å²) in [5.41, 5.74) is 0.423. The minimum absolute atomic E-state index is 0.340. The highest BCUT2D eigenvalue weighted by molar-refractivity contribution is 6.30. The van der Waals surface area contributed by atoms with E-state index in [1.54, 1.807) is 29.2 Å². The minimum atomic E-state index is -0.402. The van der Waals surface area contributed by atoms with Crippen molar-refractivity contribution >= 4 is 23.5 Å². The molecule has 0 radical (unpaired) electrons. The number of nitrogens with zero attached hydrogens (tertiary/aromatic N) is 2. The molecule has 0 spiro atoms. The molecule has 0 aromatic heterocycles. The van der Waals surface area contributed by atoms with Crippen LogP contribution in [-0.2, 0) is 0 Å². The smallest absolute Gasteiger partial charge is 0.322 e. The van der Waals surface area contributed by atoms with Crippen LogP contribution >= 0.6 is 11.6 Å². The van der Waals surface area contributed by atoms with Gasteiger partial charge in [-0.15, -0.1) is 0 Å². The molecular formula is C13H16ClN3O2. The van der Waals surface area contributed by atoms with Crippen molar-refractivity contribution in [2.24, 2.45) is 0 Å². The number of carbonyl (C=O) groups is 2. The second kappa shape index (κ2) is 6.04. The van der Waals surface area contributed by atoms with Gasteiger partial charge in [0.15, 0.2) is 0 Å². The topological polar surface area (TPSA) is 52.6 Å². The predicted octanol–water partition coefficient (Wildman–Crippen LogP) is 1.44. The van der Waals surface area contributed by atoms with Crippen molar-refractivity contribution in [3.63, 3.8) is 0 Å². The van der Waals surface area contributed by atoms with E-state index in [-0.39, 0.29) is 6.03 Å². The van der Waals surface area contributed by atoms with Crippen molar-refractivity contribution in [2.75, 3.05) is 33.2 Å². The summed E-state index contributed by atoms with van der Waals surface area (Å²) in [4.78, 5) is 27.6. The summed E-state index contributed by atoms with van der Waals surface area (Å²) in [6, 6.07) is 6.09. The Morgan fingerprint density at radius 2 is 1.68 bits per heavy atom. The van der Waals surface area contributed by atoms with Gasteiger partial charge in [0.25, 0.3) is 5.91 Å². The van der Waals surface area contributed by atoms with Crippen LogP contribution in [0.3, 0.4) is 0 Å². The first-order valence-electron chi connectivity index (χ1n) is 6.10. The molecule has 1 fully saturated rings. The van der Waals surface area contributed by atoms with Gasteiger partial charge in [0, 0.05) is 36.8 Å². The predicted molar refractivity (Wildman–Crippen MR) is 73.4 cm³/mol. The fourth-order valence-corrected chi connectivity index (χ4v) is 1.99. The average Bonchev–Trinajstić information content (AvgIpc) is 2.40. The van der Waals surface area contributed by atoms with Gasteiger partial charge in [0.1, 0.15) is 0 Å². The normalized spacial score (nSPS) is 16.2. The largest absolute Gasteiger partial charge is 0.324 e. The number of rotatable bonds is 1. The van der Waals surface area contributed by atoms with Gasteiger partial charge >= 0.3 is 6.03 Å². The molecule has 1 N–H and O–H groups in total. The number of likely N-dealkylation sites (N-methyl/N-ethyl adjacent to an activating group) is 1. The number of piperazine rings is 1. The summed E-state index contributed by atoms with van der Waals surface area (Å²) < 4.78 is 0. The van der Waals surface area contributed by atoms with Crippen molar-refractivity contribution in [3.8, 4) is 0 Å². The van der Waals surface area contributed by atoms with Crippen LogP contribution in [0.4, 0.5) is 4.79 Å². The van der Waals surface area contributed by atoms with Gasteiger partial charge in [0.2, 0.25) is 0 Å². The lowest BCUT2D eigenvalue weighted by Gasteiger charge is -2.32. The second-order valence-corrected chi connectivity index (χ2v) is 4.99. The Morgan fingerprint density at radius 3 is 2.26 bits per heavy atom. The molecule has 19 heavy (non-hydrogen) atoms. The van der Waals surface area contributed by atoms with Gasteiger partial charge in [-0.05, 0) is 31.3 Å². The summed E-state index contributed by atoms with van der Waals surface area (Å²) in [7, 11) is 2.01. The van der Waals surface area contributed by atoms with E-state index in [0.717, 1.165) is 13.1 Å². The van der Waals surface area contributed by atoms with Gasteiger partial charge in [-0.1, -0.05) is 11.6 Å². The molecule has 0 aliphatic carbocycles.